The van der Waals surface area contributed by atoms with Crippen LogP contribution in [0.2, 0.25) is 5.02 Å². The Morgan fingerprint density at radius 1 is 1.44 bits per heavy atom. The summed E-state index contributed by atoms with van der Waals surface area (Å²) in [5.74, 6) is -0.527. The Bertz CT molecular complexity index is 1110. The molecule has 9 nitrogen and oxygen atoms in total. The van der Waals surface area contributed by atoms with Gasteiger partial charge < -0.3 is 10.4 Å². The molecule has 0 saturated carbocycles. The van der Waals surface area contributed by atoms with Crippen LogP contribution < -0.4 is 16.6 Å². The summed E-state index contributed by atoms with van der Waals surface area (Å²) in [6.45, 7) is 1.74. The number of halogens is 1. The van der Waals surface area contributed by atoms with Crippen molar-refractivity contribution in [3.05, 3.63) is 71.9 Å². The fourth-order valence-electron chi connectivity index (χ4n) is 2.36. The molecule has 1 amide bonds. The molecule has 2 heterocycles. The van der Waals surface area contributed by atoms with Crippen molar-refractivity contribution >= 4 is 28.8 Å². The number of aryl methyl sites for hydroxylation is 1. The van der Waals surface area contributed by atoms with E-state index in [9.17, 15) is 19.5 Å². The minimum Gasteiger partial charge on any atom is -0.386 e. The molecule has 140 valence electrons. The molecular weight excluding hydrogens is 394 g/mol. The number of aliphatic hydroxyl groups excluding tert-OH is 1. The van der Waals surface area contributed by atoms with Crippen LogP contribution in [0, 0.1) is 6.92 Å². The van der Waals surface area contributed by atoms with Crippen LogP contribution in [0.1, 0.15) is 27.0 Å². The van der Waals surface area contributed by atoms with Gasteiger partial charge in [-0.15, -0.1) is 11.3 Å². The molecule has 0 aliphatic heterocycles. The van der Waals surface area contributed by atoms with E-state index < -0.39 is 23.3 Å². The molecule has 3 N–H and O–H groups in total. The highest BCUT2D eigenvalue weighted by Gasteiger charge is 2.17. The number of hydrogen-bond donors (Lipinski definition) is 3. The summed E-state index contributed by atoms with van der Waals surface area (Å²) < 4.78 is 0.935. The lowest BCUT2D eigenvalue weighted by molar-refractivity contribution is 0.0917. The molecule has 27 heavy (non-hydrogen) atoms. The number of benzene rings is 1. The topological polar surface area (TPSA) is 130 Å². The Hall–Kier alpha value is -2.82. The number of thiazole rings is 1. The van der Waals surface area contributed by atoms with Gasteiger partial charge in [-0.05, 0) is 25.1 Å². The zero-order chi connectivity index (χ0) is 19.6. The normalized spacial score (nSPS) is 12.0. The summed E-state index contributed by atoms with van der Waals surface area (Å²) >= 11 is 7.38. The molecule has 0 aliphatic rings. The van der Waals surface area contributed by atoms with Crippen LogP contribution in [0.4, 0.5) is 0 Å². The second-order valence-electron chi connectivity index (χ2n) is 5.54. The van der Waals surface area contributed by atoms with Gasteiger partial charge >= 0.3 is 5.69 Å². The number of nitrogens with one attached hydrogen (secondary N) is 2. The summed E-state index contributed by atoms with van der Waals surface area (Å²) in [6.07, 6.45) is 0.0515. The standard InChI is InChI=1S/C16H14ClN5O4S/c1-8-14(27-7-19-8)12(23)5-18-15(25)10-4-9(2-3-11(10)17)22-16(26)21-13(24)6-20-22/h2-4,6-7,12,23H,5H2,1H3,(H,18,25)(H,21,24,26)/t12-/m1/s1. The van der Waals surface area contributed by atoms with Crippen molar-refractivity contribution in [1.82, 2.24) is 25.1 Å². The molecule has 3 rings (SSSR count). The number of carbonyl (C=O) groups excluding carboxylic acids is 1. The van der Waals surface area contributed by atoms with E-state index in [-0.39, 0.29) is 22.8 Å². The summed E-state index contributed by atoms with van der Waals surface area (Å²) in [4.78, 5) is 42.3. The van der Waals surface area contributed by atoms with Crippen molar-refractivity contribution in [2.75, 3.05) is 6.54 Å². The molecule has 2 aromatic heterocycles. The predicted molar refractivity (Wildman–Crippen MR) is 99.6 cm³/mol. The zero-order valence-electron chi connectivity index (χ0n) is 14.0. The van der Waals surface area contributed by atoms with Crippen LogP contribution in [0.3, 0.4) is 0 Å². The van der Waals surface area contributed by atoms with Crippen LogP contribution >= 0.6 is 22.9 Å². The van der Waals surface area contributed by atoms with Gasteiger partial charge in [0, 0.05) is 6.54 Å². The van der Waals surface area contributed by atoms with Crippen molar-refractivity contribution in [1.29, 1.82) is 0 Å². The first kappa shape index (κ1) is 19.0. The van der Waals surface area contributed by atoms with Crippen LogP contribution in [0.5, 0.6) is 0 Å². The molecule has 1 atom stereocenters. The molecule has 3 aromatic rings. The Morgan fingerprint density at radius 3 is 2.89 bits per heavy atom. The Kier molecular flexibility index (Phi) is 5.49. The summed E-state index contributed by atoms with van der Waals surface area (Å²) in [5, 5.41) is 16.7. The lowest BCUT2D eigenvalue weighted by atomic mass is 10.1. The average molecular weight is 408 g/mol. The van der Waals surface area contributed by atoms with Gasteiger partial charge in [-0.3, -0.25) is 14.6 Å². The monoisotopic (exact) mass is 407 g/mol. The fraction of sp³-hybridized carbons (Fsp3) is 0.188. The van der Waals surface area contributed by atoms with E-state index in [2.05, 4.69) is 20.4 Å². The van der Waals surface area contributed by atoms with Crippen LogP contribution in [0.15, 0.2) is 39.5 Å². The zero-order valence-corrected chi connectivity index (χ0v) is 15.5. The van der Waals surface area contributed by atoms with Crippen LogP contribution in [0.25, 0.3) is 5.69 Å². The number of aromatic amines is 1. The second-order valence-corrected chi connectivity index (χ2v) is 6.84. The van der Waals surface area contributed by atoms with Gasteiger partial charge in [-0.25, -0.2) is 9.78 Å². The van der Waals surface area contributed by atoms with Gasteiger partial charge in [0.1, 0.15) is 12.3 Å². The number of aliphatic hydroxyl groups is 1. The molecule has 1 aromatic carbocycles. The highest BCUT2D eigenvalue weighted by atomic mass is 35.5. The maximum Gasteiger partial charge on any atom is 0.349 e. The number of H-pyrrole nitrogens is 1. The molecule has 11 heteroatoms. The largest absolute Gasteiger partial charge is 0.386 e. The van der Waals surface area contributed by atoms with E-state index in [0.29, 0.717) is 10.6 Å². The SMILES string of the molecule is Cc1ncsc1[C@H](O)CNC(=O)c1cc(-n2ncc(=O)[nH]c2=O)ccc1Cl. The van der Waals surface area contributed by atoms with Gasteiger partial charge in [0.15, 0.2) is 0 Å². The average Bonchev–Trinajstić information content (AvgIpc) is 3.06. The predicted octanol–water partition coefficient (Wildman–Crippen LogP) is 0.803. The van der Waals surface area contributed by atoms with E-state index in [4.69, 9.17) is 11.6 Å². The number of rotatable bonds is 5. The molecule has 0 radical (unpaired) electrons. The van der Waals surface area contributed by atoms with Gasteiger partial charge in [0.2, 0.25) is 0 Å². The summed E-state index contributed by atoms with van der Waals surface area (Å²) in [7, 11) is 0. The minimum absolute atomic E-state index is 0.0285. The van der Waals surface area contributed by atoms with E-state index >= 15 is 0 Å². The van der Waals surface area contributed by atoms with Crippen molar-refractivity contribution in [2.24, 2.45) is 0 Å². The van der Waals surface area contributed by atoms with Gasteiger partial charge in [0.25, 0.3) is 11.5 Å². The number of nitrogens with zero attached hydrogens (tertiary/aromatic N) is 3. The molecule has 0 saturated heterocycles. The van der Waals surface area contributed by atoms with Crippen molar-refractivity contribution < 1.29 is 9.90 Å². The van der Waals surface area contributed by atoms with Crippen molar-refractivity contribution in [2.45, 2.75) is 13.0 Å². The number of hydrogen-bond acceptors (Lipinski definition) is 7. The highest BCUT2D eigenvalue weighted by molar-refractivity contribution is 7.09. The molecule has 0 aliphatic carbocycles. The first-order valence-electron chi connectivity index (χ1n) is 7.71. The Labute approximate surface area is 161 Å². The lowest BCUT2D eigenvalue weighted by Gasteiger charge is -2.12. The fourth-order valence-corrected chi connectivity index (χ4v) is 3.36. The number of amides is 1. The Balaban J connectivity index is 1.81. The van der Waals surface area contributed by atoms with E-state index in [1.165, 1.54) is 29.5 Å². The molecule has 0 unspecified atom stereocenters. The lowest BCUT2D eigenvalue weighted by Crippen LogP contribution is -2.31. The number of aromatic nitrogens is 4. The molecule has 0 fully saturated rings. The van der Waals surface area contributed by atoms with Gasteiger partial charge in [-0.1, -0.05) is 11.6 Å². The maximum absolute atomic E-state index is 12.5. The van der Waals surface area contributed by atoms with E-state index in [1.807, 2.05) is 0 Å². The smallest absolute Gasteiger partial charge is 0.349 e. The maximum atomic E-state index is 12.5. The van der Waals surface area contributed by atoms with E-state index in [0.717, 1.165) is 10.9 Å². The van der Waals surface area contributed by atoms with Gasteiger partial charge in [-0.2, -0.15) is 9.78 Å². The third kappa shape index (κ3) is 4.13. The third-order valence-electron chi connectivity index (χ3n) is 3.69. The minimum atomic E-state index is -0.896. The third-order valence-corrected chi connectivity index (χ3v) is 5.06. The van der Waals surface area contributed by atoms with Crippen molar-refractivity contribution in [3.63, 3.8) is 0 Å². The second kappa shape index (κ2) is 7.82. The molecule has 0 bridgehead atoms. The molecule has 0 spiro atoms. The summed E-state index contributed by atoms with van der Waals surface area (Å²) in [6, 6.07) is 4.30. The van der Waals surface area contributed by atoms with Crippen LogP contribution in [-0.2, 0) is 0 Å². The van der Waals surface area contributed by atoms with E-state index in [1.54, 1.807) is 12.4 Å². The highest BCUT2D eigenvalue weighted by Crippen LogP contribution is 2.22. The molecular formula is C16H14ClN5O4S. The van der Waals surface area contributed by atoms with Crippen molar-refractivity contribution in [3.8, 4) is 5.69 Å². The first-order valence-corrected chi connectivity index (χ1v) is 8.97. The number of carbonyl (C=O) groups is 1. The quantitative estimate of drug-likeness (QED) is 0.573. The Morgan fingerprint density at radius 2 is 2.22 bits per heavy atom. The summed E-state index contributed by atoms with van der Waals surface area (Å²) in [5.41, 5.74) is 1.30. The van der Waals surface area contributed by atoms with Crippen LogP contribution in [-0.4, -0.2) is 37.3 Å². The first-order chi connectivity index (χ1) is 12.9. The van der Waals surface area contributed by atoms with Gasteiger partial charge in [0.05, 0.1) is 32.4 Å².